The fraction of sp³-hybridized carbons (Fsp3) is 0.526. The summed E-state index contributed by atoms with van der Waals surface area (Å²) < 4.78 is 5.88. The van der Waals surface area contributed by atoms with E-state index in [1.165, 1.54) is 0 Å². The fourth-order valence-electron chi connectivity index (χ4n) is 3.21. The number of pyridine rings is 1. The Morgan fingerprint density at radius 1 is 1.46 bits per heavy atom. The lowest BCUT2D eigenvalue weighted by Gasteiger charge is -2.34. The third-order valence-electron chi connectivity index (χ3n) is 4.17. The van der Waals surface area contributed by atoms with Crippen molar-refractivity contribution in [3.05, 3.63) is 52.7 Å². The van der Waals surface area contributed by atoms with Gasteiger partial charge in [0.25, 0.3) is 0 Å². The lowest BCUT2D eigenvalue weighted by atomic mass is 9.88. The van der Waals surface area contributed by atoms with Gasteiger partial charge in [0, 0.05) is 24.1 Å². The summed E-state index contributed by atoms with van der Waals surface area (Å²) in [5.41, 5.74) is 7.78. The predicted molar refractivity (Wildman–Crippen MR) is 99.5 cm³/mol. The summed E-state index contributed by atoms with van der Waals surface area (Å²) in [6, 6.07) is 2.00. The van der Waals surface area contributed by atoms with E-state index in [9.17, 15) is 0 Å². The van der Waals surface area contributed by atoms with Crippen LogP contribution in [0.1, 0.15) is 45.2 Å². The molecule has 1 aromatic rings. The van der Waals surface area contributed by atoms with Crippen molar-refractivity contribution in [2.24, 2.45) is 11.7 Å². The summed E-state index contributed by atoms with van der Waals surface area (Å²) in [4.78, 5) is 4.15. The first-order chi connectivity index (χ1) is 11.1. The predicted octanol–water partition coefficient (Wildman–Crippen LogP) is 3.95. The van der Waals surface area contributed by atoms with Gasteiger partial charge >= 0.3 is 0 Å². The zero-order valence-corrected chi connectivity index (χ0v) is 15.9. The average Bonchev–Trinajstić information content (AvgIpc) is 2.45. The number of nitrogens with two attached hydrogens (primary N) is 1. The Balaban J connectivity index is 2.09. The van der Waals surface area contributed by atoms with E-state index in [1.807, 2.05) is 38.4 Å². The molecule has 0 aliphatic carbocycles. The number of nitrogens with one attached hydrogen (secondary N) is 1. The number of halogens is 1. The molecule has 3 N–H and O–H groups in total. The van der Waals surface area contributed by atoms with Crippen LogP contribution in [0, 0.1) is 12.8 Å². The zero-order chi connectivity index (χ0) is 18.0. The standard InChI is InChI=1S/C19H28ClN3O/c1-13(2)8-18(4,21)12-24-17-11-23-19(5,9-16(17)20)15-6-7-22-10-14(15)3/h6-7,9-11,13,23H,8,12,21H2,1-5H3. The zero-order valence-electron chi connectivity index (χ0n) is 15.2. The Bertz CT molecular complexity index is 652. The second-order valence-electron chi connectivity index (χ2n) is 7.58. The van der Waals surface area contributed by atoms with E-state index in [2.05, 4.69) is 31.1 Å². The Labute approximate surface area is 150 Å². The van der Waals surface area contributed by atoms with Gasteiger partial charge < -0.3 is 15.8 Å². The molecule has 0 spiro atoms. The fourth-order valence-corrected chi connectivity index (χ4v) is 3.53. The molecule has 24 heavy (non-hydrogen) atoms. The molecule has 0 bridgehead atoms. The van der Waals surface area contributed by atoms with Crippen molar-refractivity contribution in [1.82, 2.24) is 10.3 Å². The van der Waals surface area contributed by atoms with E-state index in [-0.39, 0.29) is 11.1 Å². The summed E-state index contributed by atoms with van der Waals surface area (Å²) in [5.74, 6) is 1.15. The van der Waals surface area contributed by atoms with Crippen LogP contribution in [0.4, 0.5) is 0 Å². The first-order valence-electron chi connectivity index (χ1n) is 8.32. The maximum Gasteiger partial charge on any atom is 0.153 e. The molecular weight excluding hydrogens is 322 g/mol. The smallest absolute Gasteiger partial charge is 0.153 e. The van der Waals surface area contributed by atoms with E-state index >= 15 is 0 Å². The number of aromatic nitrogens is 1. The van der Waals surface area contributed by atoms with Crippen LogP contribution in [0.15, 0.2) is 41.5 Å². The van der Waals surface area contributed by atoms with Gasteiger partial charge in [0.15, 0.2) is 5.76 Å². The second kappa shape index (κ2) is 7.16. The SMILES string of the molecule is Cc1cnccc1C1(C)C=C(Cl)C(OCC(C)(N)CC(C)C)=CN1. The molecule has 5 heteroatoms. The van der Waals surface area contributed by atoms with Crippen molar-refractivity contribution in [3.63, 3.8) is 0 Å². The van der Waals surface area contributed by atoms with Gasteiger partial charge in [-0.3, -0.25) is 4.98 Å². The molecule has 1 aliphatic rings. The van der Waals surface area contributed by atoms with Crippen LogP contribution in [0.25, 0.3) is 0 Å². The molecule has 2 atom stereocenters. The van der Waals surface area contributed by atoms with Crippen molar-refractivity contribution < 1.29 is 4.74 Å². The molecule has 0 saturated carbocycles. The summed E-state index contributed by atoms with van der Waals surface area (Å²) in [5, 5.41) is 3.98. The molecule has 2 heterocycles. The first kappa shape index (κ1) is 18.8. The Hall–Kier alpha value is -1.52. The number of dihydropyridines is 1. The molecule has 0 aromatic carbocycles. The molecule has 1 aliphatic heterocycles. The Morgan fingerprint density at radius 3 is 2.75 bits per heavy atom. The Kier molecular flexibility index (Phi) is 5.61. The van der Waals surface area contributed by atoms with Crippen LogP contribution in [-0.4, -0.2) is 17.1 Å². The van der Waals surface area contributed by atoms with Crippen LogP contribution in [-0.2, 0) is 10.3 Å². The van der Waals surface area contributed by atoms with Crippen LogP contribution >= 0.6 is 11.6 Å². The largest absolute Gasteiger partial charge is 0.489 e. The highest BCUT2D eigenvalue weighted by atomic mass is 35.5. The minimum absolute atomic E-state index is 0.380. The molecule has 2 unspecified atom stereocenters. The maximum absolute atomic E-state index is 6.48. The van der Waals surface area contributed by atoms with Crippen molar-refractivity contribution in [2.45, 2.75) is 52.1 Å². The normalized spacial score (nSPS) is 23.2. The minimum atomic E-state index is -0.388. The lowest BCUT2D eigenvalue weighted by Crippen LogP contribution is -2.43. The molecule has 0 amide bonds. The highest BCUT2D eigenvalue weighted by Gasteiger charge is 2.30. The van der Waals surface area contributed by atoms with E-state index in [1.54, 1.807) is 6.20 Å². The van der Waals surface area contributed by atoms with Crippen molar-refractivity contribution >= 4 is 11.6 Å². The van der Waals surface area contributed by atoms with Gasteiger partial charge in [-0.25, -0.2) is 0 Å². The van der Waals surface area contributed by atoms with Crippen LogP contribution < -0.4 is 11.1 Å². The third-order valence-corrected chi connectivity index (χ3v) is 4.46. The summed E-state index contributed by atoms with van der Waals surface area (Å²) in [6.07, 6.45) is 8.34. The molecular formula is C19H28ClN3O. The molecule has 0 radical (unpaired) electrons. The molecule has 0 fully saturated rings. The van der Waals surface area contributed by atoms with Gasteiger partial charge in [-0.1, -0.05) is 25.4 Å². The van der Waals surface area contributed by atoms with Crippen molar-refractivity contribution in [1.29, 1.82) is 0 Å². The number of ether oxygens (including phenoxy) is 1. The number of allylic oxidation sites excluding steroid dienone is 1. The van der Waals surface area contributed by atoms with Gasteiger partial charge in [-0.15, -0.1) is 0 Å². The number of rotatable bonds is 6. The van der Waals surface area contributed by atoms with Gasteiger partial charge in [0.1, 0.15) is 6.61 Å². The minimum Gasteiger partial charge on any atom is -0.489 e. The Morgan fingerprint density at radius 2 is 2.17 bits per heavy atom. The summed E-state index contributed by atoms with van der Waals surface area (Å²) in [7, 11) is 0. The van der Waals surface area contributed by atoms with E-state index in [0.29, 0.717) is 23.3 Å². The average molecular weight is 350 g/mol. The molecule has 4 nitrogen and oxygen atoms in total. The quantitative estimate of drug-likeness (QED) is 0.816. The number of aryl methyl sites for hydroxylation is 1. The topological polar surface area (TPSA) is 60.2 Å². The maximum atomic E-state index is 6.48. The molecule has 132 valence electrons. The van der Waals surface area contributed by atoms with Crippen molar-refractivity contribution in [3.8, 4) is 0 Å². The highest BCUT2D eigenvalue weighted by Crippen LogP contribution is 2.33. The van der Waals surface area contributed by atoms with Gasteiger partial charge in [-0.2, -0.15) is 0 Å². The number of hydrogen-bond acceptors (Lipinski definition) is 4. The number of hydrogen-bond donors (Lipinski definition) is 2. The molecule has 0 saturated heterocycles. The number of nitrogens with zero attached hydrogens (tertiary/aromatic N) is 1. The highest BCUT2D eigenvalue weighted by molar-refractivity contribution is 6.31. The lowest BCUT2D eigenvalue weighted by molar-refractivity contribution is 0.143. The summed E-state index contributed by atoms with van der Waals surface area (Å²) >= 11 is 6.48. The monoisotopic (exact) mass is 349 g/mol. The third kappa shape index (κ3) is 4.52. The van der Waals surface area contributed by atoms with Gasteiger partial charge in [-0.05, 0) is 56.4 Å². The van der Waals surface area contributed by atoms with Gasteiger partial charge in [0.2, 0.25) is 0 Å². The van der Waals surface area contributed by atoms with Crippen LogP contribution in [0.3, 0.4) is 0 Å². The van der Waals surface area contributed by atoms with Crippen molar-refractivity contribution in [2.75, 3.05) is 6.61 Å². The van der Waals surface area contributed by atoms with Crippen LogP contribution in [0.5, 0.6) is 0 Å². The van der Waals surface area contributed by atoms with Crippen LogP contribution in [0.2, 0.25) is 0 Å². The van der Waals surface area contributed by atoms with E-state index in [0.717, 1.165) is 17.5 Å². The van der Waals surface area contributed by atoms with Gasteiger partial charge in [0.05, 0.1) is 10.6 Å². The molecule has 2 rings (SSSR count). The second-order valence-corrected chi connectivity index (χ2v) is 7.99. The first-order valence-corrected chi connectivity index (χ1v) is 8.70. The van der Waals surface area contributed by atoms with E-state index in [4.69, 9.17) is 22.1 Å². The molecule has 1 aromatic heterocycles. The van der Waals surface area contributed by atoms with E-state index < -0.39 is 0 Å². The summed E-state index contributed by atoms with van der Waals surface area (Å²) in [6.45, 7) is 10.9.